The maximum Gasteiger partial charge on any atom is 0.240 e. The zero-order valence-corrected chi connectivity index (χ0v) is 16.9. The van der Waals surface area contributed by atoms with Gasteiger partial charge in [0.25, 0.3) is 0 Å². The van der Waals surface area contributed by atoms with E-state index in [0.29, 0.717) is 5.13 Å². The fraction of sp³-hybridized carbons (Fsp3) is 0.722. The van der Waals surface area contributed by atoms with Gasteiger partial charge in [-0.3, -0.25) is 10.1 Å². The Kier molecular flexibility index (Phi) is 5.81. The molecule has 0 aromatic carbocycles. The molecule has 0 saturated carbocycles. The number of aromatic nitrogens is 2. The molecule has 0 aliphatic carbocycles. The van der Waals surface area contributed by atoms with Crippen molar-refractivity contribution in [3.05, 3.63) is 11.5 Å². The second kappa shape index (κ2) is 8.27. The van der Waals surface area contributed by atoms with E-state index in [1.165, 1.54) is 56.5 Å². The summed E-state index contributed by atoms with van der Waals surface area (Å²) < 4.78 is 0. The number of rotatable bonds is 4. The lowest BCUT2D eigenvalue weighted by Crippen LogP contribution is -2.46. The summed E-state index contributed by atoms with van der Waals surface area (Å²) in [7, 11) is 0. The number of piperidine rings is 2. The third-order valence-corrected chi connectivity index (χ3v) is 7.78. The van der Waals surface area contributed by atoms with Crippen LogP contribution >= 0.6 is 23.1 Å². The monoisotopic (exact) mass is 393 g/mol. The number of carbonyl (C=O) groups excluding carboxylic acids is 1. The van der Waals surface area contributed by atoms with Crippen LogP contribution in [0, 0.1) is 5.92 Å². The van der Waals surface area contributed by atoms with Gasteiger partial charge in [0.2, 0.25) is 16.2 Å². The van der Waals surface area contributed by atoms with Crippen LogP contribution in [0.3, 0.4) is 0 Å². The lowest BCUT2D eigenvalue weighted by atomic mass is 10.0. The Morgan fingerprint density at radius 3 is 2.62 bits per heavy atom. The zero-order chi connectivity index (χ0) is 17.9. The van der Waals surface area contributed by atoms with Crippen LogP contribution in [0.15, 0.2) is 11.5 Å². The summed E-state index contributed by atoms with van der Waals surface area (Å²) in [4.78, 5) is 17.4. The van der Waals surface area contributed by atoms with E-state index in [1.54, 1.807) is 11.8 Å². The number of anilines is 2. The highest BCUT2D eigenvalue weighted by Gasteiger charge is 2.29. The van der Waals surface area contributed by atoms with Gasteiger partial charge in [0.1, 0.15) is 0 Å². The predicted molar refractivity (Wildman–Crippen MR) is 109 cm³/mol. The van der Waals surface area contributed by atoms with Crippen molar-refractivity contribution in [2.75, 3.05) is 36.4 Å². The van der Waals surface area contributed by atoms with E-state index in [0.717, 1.165) is 24.3 Å². The van der Waals surface area contributed by atoms with Gasteiger partial charge in [0.15, 0.2) is 0 Å². The van der Waals surface area contributed by atoms with Gasteiger partial charge in [0.05, 0.1) is 5.25 Å². The summed E-state index contributed by atoms with van der Waals surface area (Å²) in [6.45, 7) is 6.67. The standard InChI is InChI=1S/C18H27N5OS2/c1-13-7-12-25-15(13)16(24)19-17-20-21-18(26-17)23-10-5-14(6-11-23)22-8-3-2-4-9-22/h7,12-15H,2-6,8-11H2,1H3,(H,19,20,24). The number of hydrogen-bond acceptors (Lipinski definition) is 7. The van der Waals surface area contributed by atoms with Gasteiger partial charge < -0.3 is 9.80 Å². The molecule has 0 spiro atoms. The van der Waals surface area contributed by atoms with Crippen LogP contribution in [0.5, 0.6) is 0 Å². The van der Waals surface area contributed by atoms with E-state index in [-0.39, 0.29) is 17.1 Å². The van der Waals surface area contributed by atoms with Crippen molar-refractivity contribution in [3.63, 3.8) is 0 Å². The predicted octanol–water partition coefficient (Wildman–Crippen LogP) is 3.20. The Hall–Kier alpha value is -1.12. The Morgan fingerprint density at radius 2 is 1.92 bits per heavy atom. The molecular formula is C18H27N5OS2. The number of likely N-dealkylation sites (tertiary alicyclic amines) is 1. The first-order valence-corrected chi connectivity index (χ1v) is 11.4. The minimum absolute atomic E-state index is 0.0269. The molecule has 2 atom stereocenters. The van der Waals surface area contributed by atoms with Crippen molar-refractivity contribution in [2.45, 2.75) is 50.3 Å². The van der Waals surface area contributed by atoms with Crippen LogP contribution < -0.4 is 10.2 Å². The second-order valence-corrected chi connectivity index (χ2v) is 9.45. The number of nitrogens with zero attached hydrogens (tertiary/aromatic N) is 4. The average molecular weight is 394 g/mol. The van der Waals surface area contributed by atoms with E-state index in [9.17, 15) is 4.79 Å². The molecule has 0 bridgehead atoms. The van der Waals surface area contributed by atoms with Gasteiger partial charge in [-0.15, -0.1) is 22.0 Å². The highest BCUT2D eigenvalue weighted by Crippen LogP contribution is 2.32. The fourth-order valence-corrected chi connectivity index (χ4v) is 5.88. The van der Waals surface area contributed by atoms with Crippen molar-refractivity contribution in [3.8, 4) is 0 Å². The van der Waals surface area contributed by atoms with E-state index >= 15 is 0 Å². The molecule has 3 aliphatic heterocycles. The van der Waals surface area contributed by atoms with Crippen LogP contribution in [-0.4, -0.2) is 58.5 Å². The highest BCUT2D eigenvalue weighted by atomic mass is 32.2. The Bertz CT molecular complexity index is 650. The smallest absolute Gasteiger partial charge is 0.240 e. The molecule has 1 aromatic rings. The summed E-state index contributed by atoms with van der Waals surface area (Å²) in [6, 6.07) is 0.729. The van der Waals surface area contributed by atoms with Crippen LogP contribution in [0.1, 0.15) is 39.0 Å². The molecule has 1 N–H and O–H groups in total. The minimum Gasteiger partial charge on any atom is -0.346 e. The summed E-state index contributed by atoms with van der Waals surface area (Å²) in [5, 5.41) is 15.0. The van der Waals surface area contributed by atoms with Crippen LogP contribution in [0.2, 0.25) is 0 Å². The van der Waals surface area contributed by atoms with Gasteiger partial charge in [-0.2, -0.15) is 0 Å². The normalized spacial score (nSPS) is 27.8. The Morgan fingerprint density at radius 1 is 1.15 bits per heavy atom. The van der Waals surface area contributed by atoms with Crippen molar-refractivity contribution in [1.29, 1.82) is 0 Å². The number of hydrogen-bond donors (Lipinski definition) is 1. The number of thioether (sulfide) groups is 1. The second-order valence-electron chi connectivity index (χ2n) is 7.44. The average Bonchev–Trinajstić information content (AvgIpc) is 3.31. The maximum atomic E-state index is 12.4. The molecule has 142 valence electrons. The van der Waals surface area contributed by atoms with Gasteiger partial charge in [-0.25, -0.2) is 0 Å². The van der Waals surface area contributed by atoms with Gasteiger partial charge in [-0.05, 0) is 50.1 Å². The van der Waals surface area contributed by atoms with Crippen LogP contribution in [0.4, 0.5) is 10.3 Å². The first kappa shape index (κ1) is 18.3. The van der Waals surface area contributed by atoms with Crippen molar-refractivity contribution < 1.29 is 4.79 Å². The number of amides is 1. The summed E-state index contributed by atoms with van der Waals surface area (Å²) in [5.74, 6) is 0.292. The lowest BCUT2D eigenvalue weighted by Gasteiger charge is -2.40. The number of allylic oxidation sites excluding steroid dienone is 1. The van der Waals surface area contributed by atoms with E-state index in [4.69, 9.17) is 0 Å². The minimum atomic E-state index is -0.0531. The summed E-state index contributed by atoms with van der Waals surface area (Å²) in [5.41, 5.74) is 0. The Labute approximate surface area is 163 Å². The molecule has 1 amide bonds. The molecule has 1 aromatic heterocycles. The lowest BCUT2D eigenvalue weighted by molar-refractivity contribution is -0.116. The Balaban J connectivity index is 1.29. The number of carbonyl (C=O) groups is 1. The van der Waals surface area contributed by atoms with E-state index < -0.39 is 0 Å². The van der Waals surface area contributed by atoms with Crippen molar-refractivity contribution in [2.24, 2.45) is 5.92 Å². The molecule has 2 fully saturated rings. The number of nitrogens with one attached hydrogen (secondary N) is 1. The topological polar surface area (TPSA) is 61.4 Å². The first-order valence-electron chi connectivity index (χ1n) is 9.66. The molecule has 2 saturated heterocycles. The van der Waals surface area contributed by atoms with Gasteiger partial charge in [-0.1, -0.05) is 30.8 Å². The fourth-order valence-electron chi connectivity index (χ4n) is 4.06. The summed E-state index contributed by atoms with van der Waals surface area (Å²) in [6.07, 6.45) is 8.57. The molecule has 4 heterocycles. The van der Waals surface area contributed by atoms with E-state index in [1.807, 2.05) is 5.41 Å². The maximum absolute atomic E-state index is 12.4. The highest BCUT2D eigenvalue weighted by molar-refractivity contribution is 8.03. The van der Waals surface area contributed by atoms with Crippen molar-refractivity contribution >= 4 is 39.3 Å². The molecule has 2 unspecified atom stereocenters. The molecule has 6 nitrogen and oxygen atoms in total. The molecule has 3 aliphatic rings. The first-order chi connectivity index (χ1) is 12.7. The SMILES string of the molecule is CC1C=CSC1C(=O)Nc1nnc(N2CCC(N3CCCCC3)CC2)s1. The van der Waals surface area contributed by atoms with Crippen molar-refractivity contribution in [1.82, 2.24) is 15.1 Å². The molecule has 26 heavy (non-hydrogen) atoms. The molecule has 8 heteroatoms. The van der Waals surface area contributed by atoms with Gasteiger partial charge >= 0.3 is 0 Å². The van der Waals surface area contributed by atoms with Crippen LogP contribution in [0.25, 0.3) is 0 Å². The third kappa shape index (κ3) is 4.07. The quantitative estimate of drug-likeness (QED) is 0.848. The van der Waals surface area contributed by atoms with E-state index in [2.05, 4.69) is 38.3 Å². The zero-order valence-electron chi connectivity index (χ0n) is 15.3. The van der Waals surface area contributed by atoms with Crippen LogP contribution in [-0.2, 0) is 4.79 Å². The summed E-state index contributed by atoms with van der Waals surface area (Å²) >= 11 is 3.07. The molecular weight excluding hydrogens is 366 g/mol. The molecule has 4 rings (SSSR count). The van der Waals surface area contributed by atoms with Gasteiger partial charge in [0, 0.05) is 19.1 Å². The largest absolute Gasteiger partial charge is 0.346 e. The third-order valence-electron chi connectivity index (χ3n) is 5.63. The molecule has 0 radical (unpaired) electrons.